The Bertz CT molecular complexity index is 991. The molecular formula is C22H22N2O5. The molecule has 0 aromatic heterocycles. The number of likely N-dealkylation sites (tertiary alicyclic amines) is 1. The number of anilines is 1. The molecule has 7 heteroatoms. The maximum atomic E-state index is 13.4. The number of fused-ring (bicyclic) bond motifs is 4. The third-order valence-corrected chi connectivity index (χ3v) is 6.14. The SMILES string of the molecule is CCC(=O)N1[C@H](CO)[C@H]2c3ccccc3N(C(=O)c3ccc4c(c3)OCO4)C[C@H]21. The molecule has 0 saturated carbocycles. The fourth-order valence-corrected chi connectivity index (χ4v) is 4.80. The first kappa shape index (κ1) is 18.0. The lowest BCUT2D eigenvalue weighted by Crippen LogP contribution is -2.70. The average Bonchev–Trinajstić information content (AvgIpc) is 3.21. The van der Waals surface area contributed by atoms with Gasteiger partial charge < -0.3 is 24.4 Å². The number of carbonyl (C=O) groups excluding carboxylic acids is 2. The quantitative estimate of drug-likeness (QED) is 0.863. The largest absolute Gasteiger partial charge is 0.454 e. The molecule has 3 aliphatic rings. The number of para-hydroxylation sites is 1. The van der Waals surface area contributed by atoms with E-state index < -0.39 is 0 Å². The molecule has 0 radical (unpaired) electrons. The first-order valence-electron chi connectivity index (χ1n) is 9.86. The highest BCUT2D eigenvalue weighted by molar-refractivity contribution is 6.07. The highest BCUT2D eigenvalue weighted by Crippen LogP contribution is 2.48. The van der Waals surface area contributed by atoms with Gasteiger partial charge in [-0.2, -0.15) is 0 Å². The summed E-state index contributed by atoms with van der Waals surface area (Å²) in [6.07, 6.45) is 0.372. The second kappa shape index (κ2) is 6.77. The number of amides is 2. The Morgan fingerprint density at radius 3 is 2.72 bits per heavy atom. The molecule has 0 spiro atoms. The summed E-state index contributed by atoms with van der Waals surface area (Å²) in [5.41, 5.74) is 2.34. The van der Waals surface area contributed by atoms with Crippen LogP contribution < -0.4 is 14.4 Å². The Labute approximate surface area is 168 Å². The van der Waals surface area contributed by atoms with Crippen molar-refractivity contribution >= 4 is 17.5 Å². The lowest BCUT2D eigenvalue weighted by Gasteiger charge is -2.59. The lowest BCUT2D eigenvalue weighted by molar-refractivity contribution is -0.149. The monoisotopic (exact) mass is 394 g/mol. The molecule has 5 rings (SSSR count). The summed E-state index contributed by atoms with van der Waals surface area (Å²) < 4.78 is 10.8. The maximum Gasteiger partial charge on any atom is 0.258 e. The zero-order chi connectivity index (χ0) is 20.1. The molecule has 2 aromatic carbocycles. The van der Waals surface area contributed by atoms with Gasteiger partial charge in [-0.05, 0) is 29.8 Å². The minimum absolute atomic E-state index is 0.000148. The second-order valence-corrected chi connectivity index (χ2v) is 7.54. The van der Waals surface area contributed by atoms with Crippen molar-refractivity contribution < 1.29 is 24.2 Å². The molecule has 0 unspecified atom stereocenters. The zero-order valence-corrected chi connectivity index (χ0v) is 16.1. The van der Waals surface area contributed by atoms with E-state index in [4.69, 9.17) is 9.47 Å². The lowest BCUT2D eigenvalue weighted by atomic mass is 9.71. The van der Waals surface area contributed by atoms with Crippen LogP contribution in [-0.4, -0.2) is 53.8 Å². The molecule has 0 bridgehead atoms. The number of benzene rings is 2. The predicted molar refractivity (Wildman–Crippen MR) is 105 cm³/mol. The molecule has 1 fully saturated rings. The van der Waals surface area contributed by atoms with Gasteiger partial charge in [0, 0.05) is 30.1 Å². The molecule has 2 amide bonds. The van der Waals surface area contributed by atoms with Crippen LogP contribution >= 0.6 is 0 Å². The van der Waals surface area contributed by atoms with E-state index in [1.807, 2.05) is 31.2 Å². The van der Waals surface area contributed by atoms with Gasteiger partial charge in [0.15, 0.2) is 11.5 Å². The van der Waals surface area contributed by atoms with Crippen molar-refractivity contribution in [2.75, 3.05) is 24.8 Å². The van der Waals surface area contributed by atoms with E-state index in [0.29, 0.717) is 30.0 Å². The van der Waals surface area contributed by atoms with Gasteiger partial charge in [-0.15, -0.1) is 0 Å². The van der Waals surface area contributed by atoms with E-state index in [-0.39, 0.29) is 43.2 Å². The van der Waals surface area contributed by atoms with Gasteiger partial charge in [-0.3, -0.25) is 9.59 Å². The second-order valence-electron chi connectivity index (χ2n) is 7.54. The van der Waals surface area contributed by atoms with Crippen LogP contribution in [0.1, 0.15) is 35.2 Å². The maximum absolute atomic E-state index is 13.4. The van der Waals surface area contributed by atoms with Crippen molar-refractivity contribution in [2.45, 2.75) is 31.3 Å². The number of carbonyl (C=O) groups is 2. The average molecular weight is 394 g/mol. The molecule has 3 atom stereocenters. The Morgan fingerprint density at radius 2 is 1.93 bits per heavy atom. The standard InChI is InChI=1S/C22H22N2O5/c1-2-20(26)24-16-10-23(15-6-4-3-5-14(15)21(16)17(24)11-25)22(27)13-7-8-18-19(9-13)29-12-28-18/h3-9,16-17,21,25H,2,10-12H2,1H3/t16-,17-,21+/m1/s1. The topological polar surface area (TPSA) is 79.3 Å². The first-order chi connectivity index (χ1) is 14.1. The minimum atomic E-state index is -0.239. The minimum Gasteiger partial charge on any atom is -0.454 e. The smallest absolute Gasteiger partial charge is 0.258 e. The molecule has 2 aromatic rings. The highest BCUT2D eigenvalue weighted by atomic mass is 16.7. The van der Waals surface area contributed by atoms with Crippen LogP contribution in [0, 0.1) is 0 Å². The normalized spacial score (nSPS) is 23.9. The van der Waals surface area contributed by atoms with E-state index in [9.17, 15) is 14.7 Å². The van der Waals surface area contributed by atoms with Gasteiger partial charge in [-0.25, -0.2) is 0 Å². The first-order valence-corrected chi connectivity index (χ1v) is 9.86. The van der Waals surface area contributed by atoms with E-state index in [2.05, 4.69) is 0 Å². The van der Waals surface area contributed by atoms with Crippen LogP contribution in [0.25, 0.3) is 0 Å². The molecule has 29 heavy (non-hydrogen) atoms. The van der Waals surface area contributed by atoms with Crippen LogP contribution in [0.5, 0.6) is 11.5 Å². The number of aliphatic hydroxyl groups is 1. The summed E-state index contributed by atoms with van der Waals surface area (Å²) in [4.78, 5) is 29.4. The molecule has 150 valence electrons. The predicted octanol–water partition coefficient (Wildman–Crippen LogP) is 2.14. The van der Waals surface area contributed by atoms with Crippen LogP contribution in [-0.2, 0) is 4.79 Å². The molecule has 3 aliphatic heterocycles. The number of rotatable bonds is 3. The number of nitrogens with zero attached hydrogens (tertiary/aromatic N) is 2. The number of hydrogen-bond acceptors (Lipinski definition) is 5. The summed E-state index contributed by atoms with van der Waals surface area (Å²) in [5, 5.41) is 9.91. The third-order valence-electron chi connectivity index (χ3n) is 6.14. The molecule has 3 heterocycles. The molecule has 1 N–H and O–H groups in total. The zero-order valence-electron chi connectivity index (χ0n) is 16.1. The summed E-state index contributed by atoms with van der Waals surface area (Å²) in [5.74, 6) is 1.08. The van der Waals surface area contributed by atoms with Gasteiger partial charge in [0.1, 0.15) is 0 Å². The van der Waals surface area contributed by atoms with E-state index in [1.54, 1.807) is 28.0 Å². The molecule has 1 saturated heterocycles. The fraction of sp³-hybridized carbons (Fsp3) is 0.364. The number of aliphatic hydroxyl groups excluding tert-OH is 1. The van der Waals surface area contributed by atoms with Gasteiger partial charge in [0.2, 0.25) is 12.7 Å². The number of ether oxygens (including phenoxy) is 2. The molecule has 7 nitrogen and oxygen atoms in total. The van der Waals surface area contributed by atoms with Gasteiger partial charge in [0.25, 0.3) is 5.91 Å². The summed E-state index contributed by atoms with van der Waals surface area (Å²) in [6.45, 7) is 2.28. The van der Waals surface area contributed by atoms with E-state index in [0.717, 1.165) is 11.3 Å². The Kier molecular flexibility index (Phi) is 4.20. The molecule has 0 aliphatic carbocycles. The van der Waals surface area contributed by atoms with Crippen molar-refractivity contribution in [3.05, 3.63) is 53.6 Å². The Hall–Kier alpha value is -3.06. The fourth-order valence-electron chi connectivity index (χ4n) is 4.80. The van der Waals surface area contributed by atoms with Crippen LogP contribution in [0.4, 0.5) is 5.69 Å². The Morgan fingerprint density at radius 1 is 1.14 bits per heavy atom. The van der Waals surface area contributed by atoms with Crippen LogP contribution in [0.15, 0.2) is 42.5 Å². The van der Waals surface area contributed by atoms with Crippen molar-refractivity contribution in [1.82, 2.24) is 4.90 Å². The van der Waals surface area contributed by atoms with Gasteiger partial charge >= 0.3 is 0 Å². The van der Waals surface area contributed by atoms with Crippen molar-refractivity contribution in [1.29, 1.82) is 0 Å². The van der Waals surface area contributed by atoms with Crippen LogP contribution in [0.3, 0.4) is 0 Å². The summed E-state index contributed by atoms with van der Waals surface area (Å²) >= 11 is 0. The van der Waals surface area contributed by atoms with Crippen molar-refractivity contribution in [3.63, 3.8) is 0 Å². The van der Waals surface area contributed by atoms with E-state index >= 15 is 0 Å². The van der Waals surface area contributed by atoms with Gasteiger partial charge in [0.05, 0.1) is 18.7 Å². The Balaban J connectivity index is 1.53. The van der Waals surface area contributed by atoms with Gasteiger partial charge in [-0.1, -0.05) is 25.1 Å². The summed E-state index contributed by atoms with van der Waals surface area (Å²) in [7, 11) is 0. The highest BCUT2D eigenvalue weighted by Gasteiger charge is 2.54. The third kappa shape index (κ3) is 2.61. The van der Waals surface area contributed by atoms with Crippen molar-refractivity contribution in [2.24, 2.45) is 0 Å². The van der Waals surface area contributed by atoms with Crippen molar-refractivity contribution in [3.8, 4) is 11.5 Å². The summed E-state index contributed by atoms with van der Waals surface area (Å²) in [6, 6.07) is 12.6. The van der Waals surface area contributed by atoms with Crippen LogP contribution in [0.2, 0.25) is 0 Å². The number of hydrogen-bond donors (Lipinski definition) is 1. The molecular weight excluding hydrogens is 372 g/mol. The van der Waals surface area contributed by atoms with E-state index in [1.165, 1.54) is 0 Å².